The molecule has 1 aromatic carbocycles. The standard InChI is InChI=1S/C10H7F3N2O3S/c11-10(12,13)19(16,17)18-9-6-7-14-15(9)8-4-2-1-3-5-8/h1-7H. The Bertz CT molecular complexity index is 665. The van der Waals surface area contributed by atoms with E-state index in [1.165, 1.54) is 0 Å². The van der Waals surface area contributed by atoms with Crippen molar-refractivity contribution in [2.24, 2.45) is 0 Å². The van der Waals surface area contributed by atoms with Crippen LogP contribution in [0.4, 0.5) is 13.2 Å². The molecule has 0 fully saturated rings. The molecule has 0 saturated heterocycles. The third-order valence-corrected chi connectivity index (χ3v) is 3.04. The highest BCUT2D eigenvalue weighted by Crippen LogP contribution is 2.27. The Balaban J connectivity index is 2.38. The zero-order valence-electron chi connectivity index (χ0n) is 9.20. The van der Waals surface area contributed by atoms with E-state index in [9.17, 15) is 21.6 Å². The number of rotatable bonds is 3. The predicted molar refractivity (Wildman–Crippen MR) is 59.2 cm³/mol. The molecule has 1 heterocycles. The molecule has 0 amide bonds. The molecule has 0 aliphatic rings. The molecule has 9 heteroatoms. The number of nitrogens with zero attached hydrogens (tertiary/aromatic N) is 2. The van der Waals surface area contributed by atoms with Gasteiger partial charge in [-0.2, -0.15) is 26.7 Å². The van der Waals surface area contributed by atoms with E-state index in [0.717, 1.165) is 16.9 Å². The van der Waals surface area contributed by atoms with Gasteiger partial charge in [0.05, 0.1) is 11.9 Å². The van der Waals surface area contributed by atoms with Crippen LogP contribution in [0.3, 0.4) is 0 Å². The average Bonchev–Trinajstić information content (AvgIpc) is 2.76. The Hall–Kier alpha value is -2.03. The van der Waals surface area contributed by atoms with Gasteiger partial charge in [0.2, 0.25) is 5.88 Å². The van der Waals surface area contributed by atoms with Crippen molar-refractivity contribution in [3.63, 3.8) is 0 Å². The lowest BCUT2D eigenvalue weighted by Crippen LogP contribution is -2.28. The van der Waals surface area contributed by atoms with Gasteiger partial charge in [-0.25, -0.2) is 4.68 Å². The zero-order valence-corrected chi connectivity index (χ0v) is 10.0. The number of hydrogen-bond donors (Lipinski definition) is 0. The molecule has 0 unspecified atom stereocenters. The maximum Gasteiger partial charge on any atom is 0.534 e. The van der Waals surface area contributed by atoms with E-state index in [4.69, 9.17) is 0 Å². The van der Waals surface area contributed by atoms with Gasteiger partial charge in [0.25, 0.3) is 0 Å². The van der Waals surface area contributed by atoms with Crippen LogP contribution in [0.15, 0.2) is 42.6 Å². The molecule has 0 radical (unpaired) electrons. The minimum Gasteiger partial charge on any atom is -0.355 e. The summed E-state index contributed by atoms with van der Waals surface area (Å²) >= 11 is 0. The highest BCUT2D eigenvalue weighted by molar-refractivity contribution is 7.87. The maximum atomic E-state index is 12.2. The smallest absolute Gasteiger partial charge is 0.355 e. The van der Waals surface area contributed by atoms with Gasteiger partial charge in [-0.1, -0.05) is 18.2 Å². The number of halogens is 3. The van der Waals surface area contributed by atoms with Crippen molar-refractivity contribution in [1.82, 2.24) is 9.78 Å². The molecule has 0 aliphatic carbocycles. The first-order valence-electron chi connectivity index (χ1n) is 4.91. The largest absolute Gasteiger partial charge is 0.534 e. The topological polar surface area (TPSA) is 61.2 Å². The summed E-state index contributed by atoms with van der Waals surface area (Å²) in [7, 11) is -5.71. The summed E-state index contributed by atoms with van der Waals surface area (Å²) in [6, 6.07) is 9.05. The van der Waals surface area contributed by atoms with Crippen molar-refractivity contribution in [3.05, 3.63) is 42.6 Å². The molecule has 102 valence electrons. The first kappa shape index (κ1) is 13.4. The Morgan fingerprint density at radius 1 is 1.11 bits per heavy atom. The van der Waals surface area contributed by atoms with Crippen LogP contribution in [0, 0.1) is 0 Å². The van der Waals surface area contributed by atoms with Crippen LogP contribution in [0.2, 0.25) is 0 Å². The van der Waals surface area contributed by atoms with Gasteiger partial charge < -0.3 is 4.18 Å². The van der Waals surface area contributed by atoms with Gasteiger partial charge in [0.15, 0.2) is 0 Å². The minimum absolute atomic E-state index is 0.375. The second kappa shape index (κ2) is 4.57. The number of hydrogen-bond acceptors (Lipinski definition) is 4. The average molecular weight is 292 g/mol. The molecular formula is C10H7F3N2O3S. The third-order valence-electron chi connectivity index (χ3n) is 2.09. The fraction of sp³-hybridized carbons (Fsp3) is 0.100. The summed E-state index contributed by atoms with van der Waals surface area (Å²) < 4.78 is 63.5. The van der Waals surface area contributed by atoms with E-state index in [2.05, 4.69) is 9.28 Å². The Morgan fingerprint density at radius 3 is 2.32 bits per heavy atom. The van der Waals surface area contributed by atoms with Crippen molar-refractivity contribution in [2.45, 2.75) is 5.51 Å². The zero-order chi connectivity index (χ0) is 14.1. The van der Waals surface area contributed by atoms with Crippen LogP contribution < -0.4 is 4.18 Å². The lowest BCUT2D eigenvalue weighted by molar-refractivity contribution is -0.0502. The normalized spacial score (nSPS) is 12.4. The fourth-order valence-electron chi connectivity index (χ4n) is 1.28. The maximum absolute atomic E-state index is 12.2. The third kappa shape index (κ3) is 2.70. The number of aromatic nitrogens is 2. The fourth-order valence-corrected chi connectivity index (χ4v) is 1.72. The molecule has 2 aromatic rings. The van der Waals surface area contributed by atoms with Gasteiger partial charge in [-0.15, -0.1) is 0 Å². The van der Waals surface area contributed by atoms with Crippen molar-refractivity contribution < 1.29 is 25.8 Å². The van der Waals surface area contributed by atoms with Crippen molar-refractivity contribution >= 4 is 10.1 Å². The van der Waals surface area contributed by atoms with E-state index in [1.807, 2.05) is 0 Å². The lowest BCUT2D eigenvalue weighted by atomic mass is 10.3. The van der Waals surface area contributed by atoms with Crippen LogP contribution in [-0.4, -0.2) is 23.7 Å². The molecule has 0 spiro atoms. The first-order chi connectivity index (χ1) is 8.81. The van der Waals surface area contributed by atoms with Crippen LogP contribution in [0.1, 0.15) is 0 Å². The summed E-state index contributed by atoms with van der Waals surface area (Å²) in [5.74, 6) is -0.538. The van der Waals surface area contributed by atoms with Gasteiger partial charge in [-0.3, -0.25) is 0 Å². The Kier molecular flexibility index (Phi) is 3.23. The number of para-hydroxylation sites is 1. The van der Waals surface area contributed by atoms with E-state index >= 15 is 0 Å². The van der Waals surface area contributed by atoms with Crippen LogP contribution in [-0.2, 0) is 10.1 Å². The quantitative estimate of drug-likeness (QED) is 0.642. The molecule has 5 nitrogen and oxygen atoms in total. The second-order valence-corrected chi connectivity index (χ2v) is 4.94. The van der Waals surface area contributed by atoms with Gasteiger partial charge >= 0.3 is 15.6 Å². The molecule has 0 saturated carbocycles. The molecule has 19 heavy (non-hydrogen) atoms. The summed E-state index contributed by atoms with van der Waals surface area (Å²) in [6.07, 6.45) is 1.13. The number of alkyl halides is 3. The highest BCUT2D eigenvalue weighted by Gasteiger charge is 2.49. The summed E-state index contributed by atoms with van der Waals surface area (Å²) in [4.78, 5) is 0. The summed E-state index contributed by atoms with van der Waals surface area (Å²) in [5.41, 5.74) is -5.11. The van der Waals surface area contributed by atoms with Crippen molar-refractivity contribution in [1.29, 1.82) is 0 Å². The van der Waals surface area contributed by atoms with Crippen molar-refractivity contribution in [2.75, 3.05) is 0 Å². The van der Waals surface area contributed by atoms with E-state index < -0.39 is 21.5 Å². The SMILES string of the molecule is O=S(=O)(Oc1ccnn1-c1ccccc1)C(F)(F)F. The molecular weight excluding hydrogens is 285 g/mol. The van der Waals surface area contributed by atoms with Crippen LogP contribution in [0.25, 0.3) is 5.69 Å². The molecule has 1 aromatic heterocycles. The summed E-state index contributed by atoms with van der Waals surface area (Å²) in [6.45, 7) is 0. The molecule has 0 bridgehead atoms. The lowest BCUT2D eigenvalue weighted by Gasteiger charge is -2.10. The number of benzene rings is 1. The first-order valence-corrected chi connectivity index (χ1v) is 6.32. The highest BCUT2D eigenvalue weighted by atomic mass is 32.2. The van der Waals surface area contributed by atoms with E-state index in [-0.39, 0.29) is 0 Å². The van der Waals surface area contributed by atoms with Crippen molar-refractivity contribution in [3.8, 4) is 11.6 Å². The van der Waals surface area contributed by atoms with E-state index in [0.29, 0.717) is 5.69 Å². The second-order valence-electron chi connectivity index (χ2n) is 3.40. The van der Waals surface area contributed by atoms with Crippen LogP contribution in [0.5, 0.6) is 5.88 Å². The van der Waals surface area contributed by atoms with E-state index in [1.54, 1.807) is 30.3 Å². The summed E-state index contributed by atoms with van der Waals surface area (Å²) in [5, 5.41) is 3.71. The predicted octanol–water partition coefficient (Wildman–Crippen LogP) is 2.10. The van der Waals surface area contributed by atoms with Gasteiger partial charge in [-0.05, 0) is 12.1 Å². The molecule has 0 aliphatic heterocycles. The molecule has 2 rings (SSSR count). The molecule has 0 atom stereocenters. The van der Waals surface area contributed by atoms with Crippen LogP contribution >= 0.6 is 0 Å². The Morgan fingerprint density at radius 2 is 1.74 bits per heavy atom. The van der Waals surface area contributed by atoms with Gasteiger partial charge in [0.1, 0.15) is 0 Å². The monoisotopic (exact) mass is 292 g/mol. The minimum atomic E-state index is -5.71. The van der Waals surface area contributed by atoms with Gasteiger partial charge in [0, 0.05) is 6.07 Å². The Labute approximate surface area is 106 Å². The molecule has 0 N–H and O–H groups in total.